The van der Waals surface area contributed by atoms with Crippen LogP contribution < -0.4 is 11.3 Å². The first kappa shape index (κ1) is 10.5. The summed E-state index contributed by atoms with van der Waals surface area (Å²) in [5.41, 5.74) is 2.84. The van der Waals surface area contributed by atoms with E-state index in [2.05, 4.69) is 4.98 Å². The van der Waals surface area contributed by atoms with E-state index in [-0.39, 0.29) is 5.91 Å². The molecular formula is C9H13N3O2S. The Bertz CT molecular complexity index is 349. The van der Waals surface area contributed by atoms with Crippen LogP contribution in [0, 0.1) is 5.92 Å². The minimum absolute atomic E-state index is 0.353. The second-order valence-corrected chi connectivity index (χ2v) is 4.43. The van der Waals surface area contributed by atoms with Gasteiger partial charge in [-0.1, -0.05) is 0 Å². The summed E-state index contributed by atoms with van der Waals surface area (Å²) >= 11 is 1.27. The Balaban J connectivity index is 1.80. The molecule has 1 fully saturated rings. The molecule has 0 aromatic carbocycles. The van der Waals surface area contributed by atoms with Gasteiger partial charge < -0.3 is 4.74 Å². The summed E-state index contributed by atoms with van der Waals surface area (Å²) in [6.07, 6.45) is 2.55. The van der Waals surface area contributed by atoms with Crippen molar-refractivity contribution < 1.29 is 9.53 Å². The molecular weight excluding hydrogens is 214 g/mol. The quantitative estimate of drug-likeness (QED) is 0.440. The normalized spacial score (nSPS) is 15.3. The fourth-order valence-electron chi connectivity index (χ4n) is 1.15. The largest absolute Gasteiger partial charge is 0.375 e. The van der Waals surface area contributed by atoms with Crippen LogP contribution in [0.25, 0.3) is 0 Å². The number of nitrogens with zero attached hydrogens (tertiary/aromatic N) is 1. The number of carbonyl (C=O) groups excluding carboxylic acids is 1. The number of amides is 1. The molecule has 0 spiro atoms. The number of aromatic nitrogens is 1. The van der Waals surface area contributed by atoms with E-state index in [4.69, 9.17) is 10.6 Å². The molecule has 1 aliphatic carbocycles. The molecule has 2 rings (SSSR count). The second kappa shape index (κ2) is 4.69. The van der Waals surface area contributed by atoms with E-state index < -0.39 is 0 Å². The van der Waals surface area contributed by atoms with Gasteiger partial charge in [-0.3, -0.25) is 10.2 Å². The maximum Gasteiger partial charge on any atom is 0.294 e. The zero-order valence-corrected chi connectivity index (χ0v) is 9.05. The number of nitrogen functional groups attached to an aromatic ring is 1. The Morgan fingerprint density at radius 1 is 1.73 bits per heavy atom. The van der Waals surface area contributed by atoms with Crippen LogP contribution in [0.1, 0.15) is 28.3 Å². The zero-order chi connectivity index (χ0) is 10.7. The molecule has 0 saturated heterocycles. The molecule has 3 N–H and O–H groups in total. The molecule has 82 valence electrons. The third kappa shape index (κ3) is 2.98. The molecule has 0 aliphatic heterocycles. The van der Waals surface area contributed by atoms with E-state index in [1.807, 2.05) is 10.8 Å². The van der Waals surface area contributed by atoms with Crippen LogP contribution in [0.15, 0.2) is 5.38 Å². The van der Waals surface area contributed by atoms with Crippen LogP contribution in [0.4, 0.5) is 0 Å². The number of nitrogens with two attached hydrogens (primary N) is 1. The summed E-state index contributed by atoms with van der Waals surface area (Å²) in [4.78, 5) is 15.2. The van der Waals surface area contributed by atoms with Gasteiger partial charge in [0.05, 0.1) is 12.3 Å². The third-order valence-electron chi connectivity index (χ3n) is 2.18. The molecule has 0 bridgehead atoms. The number of ether oxygens (including phenoxy) is 1. The van der Waals surface area contributed by atoms with Crippen LogP contribution in [0.3, 0.4) is 0 Å². The maximum atomic E-state index is 11.1. The maximum absolute atomic E-state index is 11.1. The molecule has 1 heterocycles. The van der Waals surface area contributed by atoms with Crippen molar-refractivity contribution in [3.05, 3.63) is 16.1 Å². The summed E-state index contributed by atoms with van der Waals surface area (Å²) in [7, 11) is 0. The van der Waals surface area contributed by atoms with E-state index in [1.54, 1.807) is 0 Å². The van der Waals surface area contributed by atoms with Crippen LogP contribution in [-0.4, -0.2) is 17.5 Å². The van der Waals surface area contributed by atoms with Gasteiger partial charge in [0.1, 0.15) is 0 Å². The van der Waals surface area contributed by atoms with Crippen molar-refractivity contribution in [3.63, 3.8) is 0 Å². The molecule has 0 unspecified atom stereocenters. The van der Waals surface area contributed by atoms with Gasteiger partial charge in [0.25, 0.3) is 5.91 Å². The number of hydrazine groups is 1. The minimum atomic E-state index is -0.353. The summed E-state index contributed by atoms with van der Waals surface area (Å²) < 4.78 is 5.45. The molecule has 0 atom stereocenters. The van der Waals surface area contributed by atoms with Gasteiger partial charge in [-0.2, -0.15) is 0 Å². The average Bonchev–Trinajstić information content (AvgIpc) is 2.94. The molecule has 1 aromatic heterocycles. The minimum Gasteiger partial charge on any atom is -0.375 e. The van der Waals surface area contributed by atoms with E-state index in [9.17, 15) is 4.79 Å². The van der Waals surface area contributed by atoms with Gasteiger partial charge >= 0.3 is 0 Å². The molecule has 1 amide bonds. The predicted octanol–water partition coefficient (Wildman–Crippen LogP) is 0.673. The van der Waals surface area contributed by atoms with Gasteiger partial charge in [-0.05, 0) is 18.8 Å². The van der Waals surface area contributed by atoms with Crippen LogP contribution >= 0.6 is 11.3 Å². The lowest BCUT2D eigenvalue weighted by molar-refractivity contribution is 0.0950. The SMILES string of the molecule is NNC(=O)c1nc(COCC2CC2)cs1. The summed E-state index contributed by atoms with van der Waals surface area (Å²) in [6, 6.07) is 0. The Hall–Kier alpha value is -0.980. The first-order valence-corrected chi connectivity index (χ1v) is 5.70. The highest BCUT2D eigenvalue weighted by Gasteiger charge is 2.21. The lowest BCUT2D eigenvalue weighted by Gasteiger charge is -1.98. The molecule has 1 aromatic rings. The first-order chi connectivity index (χ1) is 7.29. The molecule has 5 nitrogen and oxygen atoms in total. The Labute approximate surface area is 91.6 Å². The number of nitrogens with one attached hydrogen (secondary N) is 1. The molecule has 15 heavy (non-hydrogen) atoms. The van der Waals surface area contributed by atoms with Gasteiger partial charge in [-0.15, -0.1) is 11.3 Å². The zero-order valence-electron chi connectivity index (χ0n) is 8.23. The number of rotatable bonds is 5. The summed E-state index contributed by atoms with van der Waals surface area (Å²) in [5, 5.41) is 2.19. The Morgan fingerprint density at radius 3 is 3.20 bits per heavy atom. The van der Waals surface area contributed by atoms with Crippen molar-refractivity contribution in [1.82, 2.24) is 10.4 Å². The first-order valence-electron chi connectivity index (χ1n) is 4.82. The van der Waals surface area contributed by atoms with E-state index in [1.165, 1.54) is 24.2 Å². The lowest BCUT2D eigenvalue weighted by Crippen LogP contribution is -2.29. The van der Waals surface area contributed by atoms with Gasteiger partial charge in [0, 0.05) is 12.0 Å². The standard InChI is InChI=1S/C9H13N3O2S/c10-12-8(13)9-11-7(5-15-9)4-14-3-6-1-2-6/h5-6H,1-4,10H2,(H,12,13). The van der Waals surface area contributed by atoms with E-state index in [0.717, 1.165) is 18.2 Å². The summed E-state index contributed by atoms with van der Waals surface area (Å²) in [6.45, 7) is 1.28. The van der Waals surface area contributed by atoms with Gasteiger partial charge in [0.2, 0.25) is 0 Å². The van der Waals surface area contributed by atoms with Crippen molar-refractivity contribution in [3.8, 4) is 0 Å². The Kier molecular flexibility index (Phi) is 3.30. The topological polar surface area (TPSA) is 77.2 Å². The highest BCUT2D eigenvalue weighted by molar-refractivity contribution is 7.11. The van der Waals surface area contributed by atoms with Crippen LogP contribution in [0.5, 0.6) is 0 Å². The molecule has 6 heteroatoms. The van der Waals surface area contributed by atoms with Crippen molar-refractivity contribution in [2.45, 2.75) is 19.4 Å². The van der Waals surface area contributed by atoms with Gasteiger partial charge in [0.15, 0.2) is 5.01 Å². The van der Waals surface area contributed by atoms with E-state index >= 15 is 0 Å². The third-order valence-corrected chi connectivity index (χ3v) is 3.07. The monoisotopic (exact) mass is 227 g/mol. The van der Waals surface area contributed by atoms with Crippen LogP contribution in [-0.2, 0) is 11.3 Å². The molecule has 1 saturated carbocycles. The lowest BCUT2D eigenvalue weighted by atomic mass is 10.4. The average molecular weight is 227 g/mol. The fraction of sp³-hybridized carbons (Fsp3) is 0.556. The molecule has 1 aliphatic rings. The number of hydrogen-bond donors (Lipinski definition) is 2. The second-order valence-electron chi connectivity index (χ2n) is 3.58. The number of thiazole rings is 1. The highest BCUT2D eigenvalue weighted by Crippen LogP contribution is 2.29. The highest BCUT2D eigenvalue weighted by atomic mass is 32.1. The van der Waals surface area contributed by atoms with Crippen molar-refractivity contribution >= 4 is 17.2 Å². The smallest absolute Gasteiger partial charge is 0.294 e. The van der Waals surface area contributed by atoms with Crippen molar-refractivity contribution in [1.29, 1.82) is 0 Å². The number of carbonyl (C=O) groups is 1. The predicted molar refractivity (Wildman–Crippen MR) is 56.1 cm³/mol. The Morgan fingerprint density at radius 2 is 2.53 bits per heavy atom. The van der Waals surface area contributed by atoms with Crippen molar-refractivity contribution in [2.24, 2.45) is 11.8 Å². The van der Waals surface area contributed by atoms with Crippen molar-refractivity contribution in [2.75, 3.05) is 6.61 Å². The van der Waals surface area contributed by atoms with E-state index in [0.29, 0.717) is 11.6 Å². The number of hydrogen-bond acceptors (Lipinski definition) is 5. The summed E-state index contributed by atoms with van der Waals surface area (Å²) in [5.74, 6) is 5.39. The van der Waals surface area contributed by atoms with Gasteiger partial charge in [-0.25, -0.2) is 10.8 Å². The van der Waals surface area contributed by atoms with Crippen LogP contribution in [0.2, 0.25) is 0 Å². The fourth-order valence-corrected chi connectivity index (χ4v) is 1.86. The molecule has 0 radical (unpaired) electrons.